The molecule has 1 amide bonds. The molecule has 2 aromatic carbocycles. The van der Waals surface area contributed by atoms with Gasteiger partial charge in [-0.1, -0.05) is 17.7 Å². The van der Waals surface area contributed by atoms with Gasteiger partial charge in [-0.3, -0.25) is 4.79 Å². The molecular formula is C18H13ClF4N2OS. The van der Waals surface area contributed by atoms with E-state index in [1.807, 2.05) is 0 Å². The first-order valence-electron chi connectivity index (χ1n) is 8.07. The Kier molecular flexibility index (Phi) is 4.50. The van der Waals surface area contributed by atoms with Crippen molar-refractivity contribution in [2.24, 2.45) is 0 Å². The quantitative estimate of drug-likeness (QED) is 0.649. The van der Waals surface area contributed by atoms with Gasteiger partial charge < -0.3 is 9.80 Å². The number of anilines is 2. The summed E-state index contributed by atoms with van der Waals surface area (Å²) in [6.45, 7) is -0.229. The number of hydrogen-bond donors (Lipinski definition) is 0. The van der Waals surface area contributed by atoms with E-state index in [4.69, 9.17) is 11.6 Å². The van der Waals surface area contributed by atoms with Crippen LogP contribution in [-0.4, -0.2) is 23.6 Å². The predicted molar refractivity (Wildman–Crippen MR) is 97.6 cm³/mol. The van der Waals surface area contributed by atoms with Crippen LogP contribution in [0.25, 0.3) is 0 Å². The number of carbonyl (C=O) groups excluding carboxylic acids is 1. The van der Waals surface area contributed by atoms with E-state index >= 15 is 0 Å². The molecule has 0 N–H and O–H groups in total. The third-order valence-corrected chi connectivity index (χ3v) is 6.08. The number of thioether (sulfide) groups is 1. The minimum atomic E-state index is -4.55. The van der Waals surface area contributed by atoms with E-state index in [1.165, 1.54) is 40.9 Å². The molecule has 1 saturated heterocycles. The van der Waals surface area contributed by atoms with Crippen LogP contribution in [0, 0.1) is 5.82 Å². The molecule has 2 aliphatic heterocycles. The zero-order valence-electron chi connectivity index (χ0n) is 13.8. The second-order valence-electron chi connectivity index (χ2n) is 6.31. The van der Waals surface area contributed by atoms with Crippen LogP contribution >= 0.6 is 23.4 Å². The Bertz CT molecular complexity index is 900. The zero-order valence-corrected chi connectivity index (χ0v) is 15.3. The third-order valence-electron chi connectivity index (χ3n) is 4.71. The van der Waals surface area contributed by atoms with Crippen LogP contribution in [0.1, 0.15) is 11.1 Å². The molecule has 0 radical (unpaired) electrons. The van der Waals surface area contributed by atoms with Crippen LogP contribution < -0.4 is 9.80 Å². The van der Waals surface area contributed by atoms with Gasteiger partial charge in [-0.15, -0.1) is 11.8 Å². The summed E-state index contributed by atoms with van der Waals surface area (Å²) in [5.74, 6) is 0.0855. The van der Waals surface area contributed by atoms with Crippen LogP contribution in [0.15, 0.2) is 36.4 Å². The summed E-state index contributed by atoms with van der Waals surface area (Å²) >= 11 is 7.59. The second-order valence-corrected chi connectivity index (χ2v) is 7.72. The first-order chi connectivity index (χ1) is 12.8. The molecule has 27 heavy (non-hydrogen) atoms. The van der Waals surface area contributed by atoms with Crippen molar-refractivity contribution in [1.82, 2.24) is 0 Å². The Balaban J connectivity index is 1.84. The molecule has 2 aromatic rings. The first kappa shape index (κ1) is 18.4. The average molecular weight is 417 g/mol. The lowest BCUT2D eigenvalue weighted by molar-refractivity contribution is -0.137. The normalized spacial score (nSPS) is 19.3. The fourth-order valence-corrected chi connectivity index (χ4v) is 4.74. The number of nitrogens with zero attached hydrogens (tertiary/aromatic N) is 2. The Morgan fingerprint density at radius 1 is 1.19 bits per heavy atom. The summed E-state index contributed by atoms with van der Waals surface area (Å²) in [6.07, 6.45) is -4.55. The second kappa shape index (κ2) is 6.60. The van der Waals surface area contributed by atoms with Crippen molar-refractivity contribution in [3.63, 3.8) is 0 Å². The van der Waals surface area contributed by atoms with Gasteiger partial charge in [-0.25, -0.2) is 4.39 Å². The van der Waals surface area contributed by atoms with Gasteiger partial charge in [0.1, 0.15) is 11.9 Å². The third kappa shape index (κ3) is 3.14. The summed E-state index contributed by atoms with van der Waals surface area (Å²) in [5.41, 5.74) is -0.128. The standard InChI is InChI=1S/C18H13ClF4N2OS/c19-12-2-1-3-13(20)11(12)7-24-15-6-10(18(21,22)23)4-5-14(15)25-9-27-8-16(25)17(24)26/h1-6,16H,7-9H2/t16-/m1/s1. The maximum Gasteiger partial charge on any atom is 0.416 e. The fraction of sp³-hybridized carbons (Fsp3) is 0.278. The molecule has 0 bridgehead atoms. The van der Waals surface area contributed by atoms with Gasteiger partial charge in [0.2, 0.25) is 0 Å². The Labute approximate surface area is 161 Å². The highest BCUT2D eigenvalue weighted by Crippen LogP contribution is 2.44. The topological polar surface area (TPSA) is 23.6 Å². The van der Waals surface area contributed by atoms with Gasteiger partial charge in [0.15, 0.2) is 0 Å². The van der Waals surface area contributed by atoms with E-state index in [0.29, 0.717) is 17.3 Å². The molecule has 2 aliphatic rings. The fourth-order valence-electron chi connectivity index (χ4n) is 3.35. The minimum Gasteiger partial charge on any atom is -0.348 e. The van der Waals surface area contributed by atoms with Crippen LogP contribution in [0.2, 0.25) is 5.02 Å². The lowest BCUT2D eigenvalue weighted by atomic mass is 10.0. The molecule has 1 fully saturated rings. The van der Waals surface area contributed by atoms with Crippen molar-refractivity contribution >= 4 is 40.6 Å². The average Bonchev–Trinajstić information content (AvgIpc) is 3.09. The SMILES string of the molecule is O=C1[C@H]2CSCN2c2ccc(C(F)(F)F)cc2N1Cc1c(F)cccc1Cl. The van der Waals surface area contributed by atoms with Gasteiger partial charge in [-0.2, -0.15) is 13.2 Å². The number of amides is 1. The van der Waals surface area contributed by atoms with Crippen LogP contribution in [0.5, 0.6) is 0 Å². The summed E-state index contributed by atoms with van der Waals surface area (Å²) in [5, 5.41) is 0.125. The minimum absolute atomic E-state index is 0.0787. The van der Waals surface area contributed by atoms with Gasteiger partial charge in [-0.05, 0) is 30.3 Å². The zero-order chi connectivity index (χ0) is 19.3. The lowest BCUT2D eigenvalue weighted by Crippen LogP contribution is -2.51. The molecule has 0 saturated carbocycles. The number of alkyl halides is 3. The molecular weight excluding hydrogens is 404 g/mol. The van der Waals surface area contributed by atoms with Crippen molar-refractivity contribution in [3.8, 4) is 0 Å². The highest BCUT2D eigenvalue weighted by Gasteiger charge is 2.43. The van der Waals surface area contributed by atoms with Gasteiger partial charge in [0.25, 0.3) is 5.91 Å². The molecule has 142 valence electrons. The van der Waals surface area contributed by atoms with Crippen molar-refractivity contribution in [3.05, 3.63) is 58.4 Å². The predicted octanol–water partition coefficient (Wildman–Crippen LogP) is 4.92. The summed E-state index contributed by atoms with van der Waals surface area (Å²) < 4.78 is 53.8. The summed E-state index contributed by atoms with van der Waals surface area (Å²) in [4.78, 5) is 16.0. The van der Waals surface area contributed by atoms with Gasteiger partial charge >= 0.3 is 6.18 Å². The largest absolute Gasteiger partial charge is 0.416 e. The van der Waals surface area contributed by atoms with Crippen LogP contribution in [0.3, 0.4) is 0 Å². The maximum absolute atomic E-state index is 14.2. The highest BCUT2D eigenvalue weighted by molar-refractivity contribution is 7.99. The number of halogens is 5. The number of benzene rings is 2. The molecule has 0 aliphatic carbocycles. The smallest absolute Gasteiger partial charge is 0.348 e. The molecule has 0 unspecified atom stereocenters. The van der Waals surface area contributed by atoms with E-state index in [-0.39, 0.29) is 28.7 Å². The molecule has 2 heterocycles. The van der Waals surface area contributed by atoms with Gasteiger partial charge in [0.05, 0.1) is 29.4 Å². The van der Waals surface area contributed by atoms with Crippen LogP contribution in [-0.2, 0) is 17.5 Å². The molecule has 1 atom stereocenters. The van der Waals surface area contributed by atoms with E-state index in [9.17, 15) is 22.4 Å². The van der Waals surface area contributed by atoms with E-state index < -0.39 is 23.6 Å². The number of rotatable bonds is 2. The molecule has 0 aromatic heterocycles. The number of hydrogen-bond acceptors (Lipinski definition) is 3. The van der Waals surface area contributed by atoms with E-state index in [0.717, 1.165) is 12.1 Å². The summed E-state index contributed by atoms with van der Waals surface area (Å²) in [7, 11) is 0. The van der Waals surface area contributed by atoms with E-state index in [1.54, 1.807) is 4.90 Å². The highest BCUT2D eigenvalue weighted by atomic mass is 35.5. The lowest BCUT2D eigenvalue weighted by Gasteiger charge is -2.39. The van der Waals surface area contributed by atoms with Gasteiger partial charge in [0, 0.05) is 16.3 Å². The molecule has 9 heteroatoms. The van der Waals surface area contributed by atoms with Crippen molar-refractivity contribution in [2.45, 2.75) is 18.8 Å². The Morgan fingerprint density at radius 2 is 1.96 bits per heavy atom. The maximum atomic E-state index is 14.2. The monoisotopic (exact) mass is 416 g/mol. The van der Waals surface area contributed by atoms with Crippen molar-refractivity contribution < 1.29 is 22.4 Å². The molecule has 4 rings (SSSR count). The van der Waals surface area contributed by atoms with E-state index in [2.05, 4.69) is 0 Å². The summed E-state index contributed by atoms with van der Waals surface area (Å²) in [6, 6.07) is 6.97. The Morgan fingerprint density at radius 3 is 2.67 bits per heavy atom. The molecule has 3 nitrogen and oxygen atoms in total. The molecule has 0 spiro atoms. The van der Waals surface area contributed by atoms with Crippen molar-refractivity contribution in [1.29, 1.82) is 0 Å². The number of fused-ring (bicyclic) bond motifs is 3. The Hall–Kier alpha value is -1.93. The van der Waals surface area contributed by atoms with Crippen molar-refractivity contribution in [2.75, 3.05) is 21.4 Å². The first-order valence-corrected chi connectivity index (χ1v) is 9.60. The van der Waals surface area contributed by atoms with Crippen LogP contribution in [0.4, 0.5) is 28.9 Å². The number of carbonyl (C=O) groups is 1.